The van der Waals surface area contributed by atoms with Crippen LogP contribution in [0, 0.1) is 16.7 Å². The van der Waals surface area contributed by atoms with E-state index in [1.165, 1.54) is 20.8 Å². The molecule has 28 heavy (non-hydrogen) atoms. The minimum absolute atomic E-state index is 0.00460. The Bertz CT molecular complexity index is 673. The van der Waals surface area contributed by atoms with Gasteiger partial charge in [-0.15, -0.1) is 4.91 Å². The molecule has 1 saturated heterocycles. The van der Waals surface area contributed by atoms with Crippen LogP contribution in [-0.4, -0.2) is 66.7 Å². The molecule has 1 heterocycles. The van der Waals surface area contributed by atoms with Crippen LogP contribution < -0.4 is 0 Å². The molecule has 1 rings (SSSR count). The number of hydrogen-bond acceptors (Lipinski definition) is 9. The summed E-state index contributed by atoms with van der Waals surface area (Å²) in [5.74, 6) is 2.69. The molecule has 1 atom stereocenters. The van der Waals surface area contributed by atoms with E-state index in [0.29, 0.717) is 0 Å². The van der Waals surface area contributed by atoms with Crippen LogP contribution in [0.15, 0.2) is 5.18 Å². The van der Waals surface area contributed by atoms with E-state index >= 15 is 0 Å². The second-order valence-corrected chi connectivity index (χ2v) is 6.29. The molecule has 1 aliphatic heterocycles. The third kappa shape index (κ3) is 7.84. The molecular weight excluding hydrogens is 372 g/mol. The molecule has 10 heteroatoms. The van der Waals surface area contributed by atoms with Crippen LogP contribution in [0.3, 0.4) is 0 Å². The predicted octanol–water partition coefficient (Wildman–Crippen LogP) is 0.565. The van der Waals surface area contributed by atoms with E-state index in [0.717, 1.165) is 4.90 Å². The number of carbonyl (C=O) groups excluding carboxylic acids is 4. The van der Waals surface area contributed by atoms with Gasteiger partial charge in [0.2, 0.25) is 17.4 Å². The minimum atomic E-state index is -1.52. The van der Waals surface area contributed by atoms with E-state index in [1.807, 2.05) is 0 Å². The van der Waals surface area contributed by atoms with Crippen molar-refractivity contribution in [3.63, 3.8) is 0 Å². The van der Waals surface area contributed by atoms with Crippen molar-refractivity contribution in [1.29, 1.82) is 0 Å². The van der Waals surface area contributed by atoms with Crippen molar-refractivity contribution in [2.45, 2.75) is 51.8 Å². The van der Waals surface area contributed by atoms with Crippen molar-refractivity contribution in [1.82, 2.24) is 4.90 Å². The monoisotopic (exact) mass is 396 g/mol. The van der Waals surface area contributed by atoms with Gasteiger partial charge in [0.05, 0.1) is 19.3 Å². The van der Waals surface area contributed by atoms with Gasteiger partial charge in [0, 0.05) is 40.0 Å². The van der Waals surface area contributed by atoms with E-state index in [4.69, 9.17) is 14.2 Å². The predicted molar refractivity (Wildman–Crippen MR) is 95.6 cm³/mol. The molecule has 0 N–H and O–H groups in total. The molecule has 0 aromatic rings. The average Bonchev–Trinajstić information content (AvgIpc) is 2.63. The molecule has 0 bridgehead atoms. The highest BCUT2D eigenvalue weighted by atomic mass is 16.6. The molecule has 0 saturated carbocycles. The summed E-state index contributed by atoms with van der Waals surface area (Å²) < 4.78 is 15.3. The number of nitroso groups, excluding NO2 is 1. The van der Waals surface area contributed by atoms with Crippen molar-refractivity contribution in [3.8, 4) is 11.8 Å². The Morgan fingerprint density at radius 1 is 1.18 bits per heavy atom. The van der Waals surface area contributed by atoms with E-state index in [-0.39, 0.29) is 44.9 Å². The molecule has 0 spiro atoms. The lowest BCUT2D eigenvalue weighted by Crippen LogP contribution is -2.47. The average molecular weight is 396 g/mol. The van der Waals surface area contributed by atoms with Gasteiger partial charge in [0.1, 0.15) is 13.2 Å². The lowest BCUT2D eigenvalue weighted by atomic mass is 10.1. The molecule has 1 aliphatic rings. The fourth-order valence-corrected chi connectivity index (χ4v) is 2.55. The van der Waals surface area contributed by atoms with Gasteiger partial charge in [0.15, 0.2) is 0 Å². The second kappa shape index (κ2) is 11.1. The number of Topliss-reactive ketones (excluding diaryl/α,β-unsaturated/α-hetero) is 1. The highest BCUT2D eigenvalue weighted by Crippen LogP contribution is 2.26. The molecule has 1 amide bonds. The van der Waals surface area contributed by atoms with Crippen LogP contribution in [0.25, 0.3) is 0 Å². The lowest BCUT2D eigenvalue weighted by molar-refractivity contribution is -0.172. The van der Waals surface area contributed by atoms with Crippen molar-refractivity contribution in [2.24, 2.45) is 5.18 Å². The smallest absolute Gasteiger partial charge is 0.327 e. The lowest BCUT2D eigenvalue weighted by Gasteiger charge is -2.32. The molecule has 154 valence electrons. The highest BCUT2D eigenvalue weighted by molar-refractivity contribution is 5.93. The van der Waals surface area contributed by atoms with Crippen molar-refractivity contribution in [3.05, 3.63) is 4.91 Å². The Kier molecular flexibility index (Phi) is 9.24. The third-order valence-electron chi connectivity index (χ3n) is 3.97. The number of esters is 2. The summed E-state index contributed by atoms with van der Waals surface area (Å²) in [6.45, 7) is 3.48. The Morgan fingerprint density at radius 3 is 2.32 bits per heavy atom. The first-order valence-corrected chi connectivity index (χ1v) is 8.73. The Labute approximate surface area is 162 Å². The van der Waals surface area contributed by atoms with Gasteiger partial charge in [-0.25, -0.2) is 0 Å². The van der Waals surface area contributed by atoms with Crippen molar-refractivity contribution in [2.75, 3.05) is 26.4 Å². The van der Waals surface area contributed by atoms with Crippen LogP contribution in [0.1, 0.15) is 40.0 Å². The second-order valence-electron chi connectivity index (χ2n) is 6.29. The quantitative estimate of drug-likeness (QED) is 0.252. The Balaban J connectivity index is 2.89. The van der Waals surface area contributed by atoms with Gasteiger partial charge >= 0.3 is 11.9 Å². The van der Waals surface area contributed by atoms with Gasteiger partial charge in [-0.05, 0) is 11.1 Å². The van der Waals surface area contributed by atoms with E-state index in [9.17, 15) is 24.1 Å². The summed E-state index contributed by atoms with van der Waals surface area (Å²) >= 11 is 0. The van der Waals surface area contributed by atoms with E-state index in [2.05, 4.69) is 17.0 Å². The highest BCUT2D eigenvalue weighted by Gasteiger charge is 2.39. The number of ether oxygens (including phenoxy) is 3. The molecular formula is C18H24N2O8. The summed E-state index contributed by atoms with van der Waals surface area (Å²) in [4.78, 5) is 58.8. The topological polar surface area (TPSA) is 129 Å². The largest absolute Gasteiger partial charge is 0.464 e. The maximum atomic E-state index is 12.4. The molecule has 1 unspecified atom stereocenters. The molecule has 1 fully saturated rings. The summed E-state index contributed by atoms with van der Waals surface area (Å²) in [6, 6.07) is -0.768. The summed E-state index contributed by atoms with van der Waals surface area (Å²) in [7, 11) is 0. The molecule has 0 aliphatic carbocycles. The Hall–Kier alpha value is -2.80. The number of carbonyl (C=O) groups is 4. The van der Waals surface area contributed by atoms with Gasteiger partial charge in [0.25, 0.3) is 0 Å². The van der Waals surface area contributed by atoms with E-state index < -0.39 is 36.2 Å². The van der Waals surface area contributed by atoms with Gasteiger partial charge in [-0.3, -0.25) is 19.2 Å². The zero-order chi connectivity index (χ0) is 21.2. The first kappa shape index (κ1) is 23.2. The number of nitrogens with zero attached hydrogens (tertiary/aromatic N) is 2. The fourth-order valence-electron chi connectivity index (χ4n) is 2.55. The van der Waals surface area contributed by atoms with Gasteiger partial charge in [-0.2, -0.15) is 0 Å². The van der Waals surface area contributed by atoms with Gasteiger partial charge in [-0.1, -0.05) is 5.92 Å². The van der Waals surface area contributed by atoms with Crippen molar-refractivity contribution >= 4 is 23.6 Å². The fraction of sp³-hybridized carbons (Fsp3) is 0.667. The summed E-state index contributed by atoms with van der Waals surface area (Å²) in [5.41, 5.74) is -1.52. The first-order chi connectivity index (χ1) is 13.2. The van der Waals surface area contributed by atoms with Crippen LogP contribution in [-0.2, 0) is 33.4 Å². The Morgan fingerprint density at radius 2 is 1.82 bits per heavy atom. The molecule has 10 nitrogen and oxygen atoms in total. The third-order valence-corrected chi connectivity index (χ3v) is 3.97. The number of amides is 1. The zero-order valence-electron chi connectivity index (χ0n) is 16.2. The van der Waals surface area contributed by atoms with Crippen LogP contribution in [0.4, 0.5) is 0 Å². The molecule has 0 aromatic heterocycles. The van der Waals surface area contributed by atoms with Crippen LogP contribution in [0.2, 0.25) is 0 Å². The maximum Gasteiger partial charge on any atom is 0.327 e. The minimum Gasteiger partial charge on any atom is -0.464 e. The zero-order valence-corrected chi connectivity index (χ0v) is 16.2. The van der Waals surface area contributed by atoms with Gasteiger partial charge < -0.3 is 19.1 Å². The van der Waals surface area contributed by atoms with Crippen LogP contribution >= 0.6 is 0 Å². The SMILES string of the molecule is CC(=O)C#CCC(COC(C)=O)N(CC(=O)OC1(N=O)CCOCC1)C(C)=O. The standard InChI is InChI=1S/C18H24N2O8/c1-13(21)5-4-6-16(12-27-15(3)23)20(14(2)22)11-17(24)28-18(19-25)7-9-26-10-8-18/h16H,6-12H2,1-3H3. The first-order valence-electron chi connectivity index (χ1n) is 8.73. The normalized spacial score (nSPS) is 16.0. The number of hydrogen-bond donors (Lipinski definition) is 0. The van der Waals surface area contributed by atoms with Crippen molar-refractivity contribution < 1.29 is 33.4 Å². The molecule has 0 aromatic carbocycles. The number of rotatable bonds is 8. The number of ketones is 1. The summed E-state index contributed by atoms with van der Waals surface area (Å²) in [6.07, 6.45) is 0.261. The van der Waals surface area contributed by atoms with Crippen LogP contribution in [0.5, 0.6) is 0 Å². The summed E-state index contributed by atoms with van der Waals surface area (Å²) in [5, 5.41) is 2.94. The maximum absolute atomic E-state index is 12.4. The van der Waals surface area contributed by atoms with E-state index in [1.54, 1.807) is 0 Å². The molecule has 0 radical (unpaired) electrons.